The fourth-order valence-corrected chi connectivity index (χ4v) is 1.91. The highest BCUT2D eigenvalue weighted by molar-refractivity contribution is 6.31. The molecule has 0 bridgehead atoms. The van der Waals surface area contributed by atoms with E-state index in [9.17, 15) is 14.3 Å². The summed E-state index contributed by atoms with van der Waals surface area (Å²) in [5, 5.41) is 12.7. The second-order valence-corrected chi connectivity index (χ2v) is 4.40. The van der Waals surface area contributed by atoms with Crippen LogP contribution in [0.1, 0.15) is 6.92 Å². The van der Waals surface area contributed by atoms with Gasteiger partial charge in [0, 0.05) is 24.7 Å². The second-order valence-electron chi connectivity index (χ2n) is 3.99. The van der Waals surface area contributed by atoms with Crippen LogP contribution in [0.5, 0.6) is 0 Å². The van der Waals surface area contributed by atoms with Crippen LogP contribution in [0, 0.1) is 5.92 Å². The van der Waals surface area contributed by atoms with Crippen molar-refractivity contribution in [1.82, 2.24) is 5.32 Å². The number of aliphatic hydroxyl groups excluding tert-OH is 1. The van der Waals surface area contributed by atoms with E-state index in [-0.39, 0.29) is 10.6 Å². The van der Waals surface area contributed by atoms with Crippen molar-refractivity contribution < 1.29 is 14.3 Å². The van der Waals surface area contributed by atoms with Gasteiger partial charge in [0.25, 0.3) is 0 Å². The second kappa shape index (κ2) is 6.52. The summed E-state index contributed by atoms with van der Waals surface area (Å²) >= 11 is 5.71. The first-order chi connectivity index (χ1) is 8.49. The van der Waals surface area contributed by atoms with E-state index in [1.807, 2.05) is 0 Å². The van der Waals surface area contributed by atoms with E-state index in [0.717, 1.165) is 5.57 Å². The summed E-state index contributed by atoms with van der Waals surface area (Å²) in [6.45, 7) is 1.75. The standard InChI is InChI=1S/C13H15ClFNO2/c1-8-3-9(5-12(15)11(14)4-8)13(18)10(7-17)6-16-2/h3-7,9,13,16,18H,1-2H3/b10-6-. The van der Waals surface area contributed by atoms with Gasteiger partial charge < -0.3 is 10.4 Å². The molecule has 0 saturated carbocycles. The molecule has 2 N–H and O–H groups in total. The summed E-state index contributed by atoms with van der Waals surface area (Å²) in [7, 11) is 1.61. The fraction of sp³-hybridized carbons (Fsp3) is 0.308. The summed E-state index contributed by atoms with van der Waals surface area (Å²) in [6.07, 6.45) is 5.14. The van der Waals surface area contributed by atoms with E-state index < -0.39 is 17.8 Å². The molecule has 0 heterocycles. The largest absolute Gasteiger partial charge is 0.394 e. The first-order valence-electron chi connectivity index (χ1n) is 5.43. The molecule has 1 aliphatic carbocycles. The van der Waals surface area contributed by atoms with Crippen molar-refractivity contribution in [1.29, 1.82) is 0 Å². The molecule has 98 valence electrons. The van der Waals surface area contributed by atoms with Crippen molar-refractivity contribution in [3.05, 3.63) is 46.4 Å². The van der Waals surface area contributed by atoms with E-state index in [0.29, 0.717) is 6.29 Å². The molecule has 0 fully saturated rings. The van der Waals surface area contributed by atoms with Crippen molar-refractivity contribution >= 4 is 17.9 Å². The molecule has 1 rings (SSSR count). The van der Waals surface area contributed by atoms with Gasteiger partial charge in [-0.05, 0) is 19.1 Å². The van der Waals surface area contributed by atoms with Gasteiger partial charge in [-0.15, -0.1) is 0 Å². The lowest BCUT2D eigenvalue weighted by molar-refractivity contribution is -0.105. The molecule has 0 spiro atoms. The Morgan fingerprint density at radius 3 is 2.83 bits per heavy atom. The summed E-state index contributed by atoms with van der Waals surface area (Å²) in [5.41, 5.74) is 0.872. The quantitative estimate of drug-likeness (QED) is 0.609. The average molecular weight is 272 g/mol. The maximum atomic E-state index is 13.6. The maximum Gasteiger partial charge on any atom is 0.150 e. The van der Waals surface area contributed by atoms with Gasteiger partial charge in [-0.3, -0.25) is 4.79 Å². The molecule has 5 heteroatoms. The molecule has 0 saturated heterocycles. The Bertz CT molecular complexity index is 452. The molecule has 3 nitrogen and oxygen atoms in total. The van der Waals surface area contributed by atoms with Crippen LogP contribution >= 0.6 is 11.6 Å². The van der Waals surface area contributed by atoms with Crippen molar-refractivity contribution in [3.8, 4) is 0 Å². The van der Waals surface area contributed by atoms with Crippen LogP contribution in [0.4, 0.5) is 4.39 Å². The van der Waals surface area contributed by atoms with Gasteiger partial charge in [0.15, 0.2) is 0 Å². The number of hydrogen-bond donors (Lipinski definition) is 2. The zero-order valence-corrected chi connectivity index (χ0v) is 10.9. The highest BCUT2D eigenvalue weighted by atomic mass is 35.5. The molecule has 1 aliphatic rings. The fourth-order valence-electron chi connectivity index (χ4n) is 1.68. The molecule has 0 aromatic rings. The van der Waals surface area contributed by atoms with Gasteiger partial charge >= 0.3 is 0 Å². The number of nitrogens with one attached hydrogen (secondary N) is 1. The summed E-state index contributed by atoms with van der Waals surface area (Å²) in [6, 6.07) is 0. The van der Waals surface area contributed by atoms with Gasteiger partial charge in [-0.2, -0.15) is 0 Å². The van der Waals surface area contributed by atoms with Crippen LogP contribution in [0.25, 0.3) is 0 Å². The predicted octanol–water partition coefficient (Wildman–Crippen LogP) is 2.20. The van der Waals surface area contributed by atoms with Crippen LogP contribution in [-0.2, 0) is 4.79 Å². The number of carbonyl (C=O) groups excluding carboxylic acids is 1. The minimum absolute atomic E-state index is 0.0105. The molecule has 0 aromatic carbocycles. The van der Waals surface area contributed by atoms with Crippen LogP contribution in [0.2, 0.25) is 0 Å². The molecule has 0 aromatic heterocycles. The number of carbonyl (C=O) groups is 1. The van der Waals surface area contributed by atoms with E-state index in [1.165, 1.54) is 18.4 Å². The smallest absolute Gasteiger partial charge is 0.150 e. The van der Waals surface area contributed by atoms with Crippen LogP contribution in [-0.4, -0.2) is 24.5 Å². The minimum atomic E-state index is -1.12. The lowest BCUT2D eigenvalue weighted by atomic mass is 9.95. The number of aldehydes is 1. The normalized spacial score (nSPS) is 22.4. The Balaban J connectivity index is 3.06. The minimum Gasteiger partial charge on any atom is -0.394 e. The highest BCUT2D eigenvalue weighted by Gasteiger charge is 2.22. The first kappa shape index (κ1) is 14.7. The Morgan fingerprint density at radius 1 is 1.61 bits per heavy atom. The molecular formula is C13H15ClFNO2. The number of allylic oxidation sites excluding steroid dienone is 4. The van der Waals surface area contributed by atoms with Gasteiger partial charge in [-0.1, -0.05) is 23.3 Å². The molecular weight excluding hydrogens is 257 g/mol. The Morgan fingerprint density at radius 2 is 2.28 bits per heavy atom. The first-order valence-corrected chi connectivity index (χ1v) is 5.81. The van der Waals surface area contributed by atoms with Gasteiger partial charge in [0.1, 0.15) is 12.1 Å². The van der Waals surface area contributed by atoms with E-state index in [2.05, 4.69) is 5.32 Å². The van der Waals surface area contributed by atoms with Gasteiger partial charge in [-0.25, -0.2) is 4.39 Å². The number of hydrogen-bond acceptors (Lipinski definition) is 3. The zero-order chi connectivity index (χ0) is 13.7. The lowest BCUT2D eigenvalue weighted by Crippen LogP contribution is -2.22. The summed E-state index contributed by atoms with van der Waals surface area (Å²) in [4.78, 5) is 10.8. The van der Waals surface area contributed by atoms with Crippen molar-refractivity contribution in [3.63, 3.8) is 0 Å². The third-order valence-corrected chi connectivity index (χ3v) is 2.82. The third-order valence-electron chi connectivity index (χ3n) is 2.53. The van der Waals surface area contributed by atoms with Crippen LogP contribution < -0.4 is 5.32 Å². The monoisotopic (exact) mass is 271 g/mol. The Hall–Kier alpha value is -1.39. The molecule has 2 unspecified atom stereocenters. The van der Waals surface area contributed by atoms with E-state index in [4.69, 9.17) is 11.6 Å². The highest BCUT2D eigenvalue weighted by Crippen LogP contribution is 2.28. The topological polar surface area (TPSA) is 49.3 Å². The summed E-state index contributed by atoms with van der Waals surface area (Å²) in [5.74, 6) is -1.24. The van der Waals surface area contributed by atoms with Crippen molar-refractivity contribution in [2.24, 2.45) is 5.92 Å². The number of aliphatic hydroxyl groups is 1. The average Bonchev–Trinajstić information content (AvgIpc) is 2.45. The molecule has 0 amide bonds. The SMILES string of the molecule is CN/C=C(/C=O)C(O)C1C=C(C)C=C(Cl)C(F)=C1. The van der Waals surface area contributed by atoms with Crippen LogP contribution in [0.3, 0.4) is 0 Å². The zero-order valence-electron chi connectivity index (χ0n) is 10.2. The van der Waals surface area contributed by atoms with E-state index >= 15 is 0 Å². The Labute approximate surface area is 110 Å². The van der Waals surface area contributed by atoms with Gasteiger partial charge in [0.2, 0.25) is 0 Å². The van der Waals surface area contributed by atoms with Crippen LogP contribution in [0.15, 0.2) is 46.4 Å². The van der Waals surface area contributed by atoms with Crippen molar-refractivity contribution in [2.45, 2.75) is 13.0 Å². The molecule has 18 heavy (non-hydrogen) atoms. The number of rotatable bonds is 4. The van der Waals surface area contributed by atoms with Gasteiger partial charge in [0.05, 0.1) is 11.1 Å². The maximum absolute atomic E-state index is 13.6. The van der Waals surface area contributed by atoms with Crippen molar-refractivity contribution in [2.75, 3.05) is 7.05 Å². The molecule has 0 aliphatic heterocycles. The number of halogens is 2. The summed E-state index contributed by atoms with van der Waals surface area (Å²) < 4.78 is 13.6. The predicted molar refractivity (Wildman–Crippen MR) is 69.6 cm³/mol. The lowest BCUT2D eigenvalue weighted by Gasteiger charge is -2.16. The molecule has 0 radical (unpaired) electrons. The van der Waals surface area contributed by atoms with E-state index in [1.54, 1.807) is 20.0 Å². The Kier molecular flexibility index (Phi) is 5.31. The molecule has 2 atom stereocenters. The third kappa shape index (κ3) is 3.55.